The molecular formula is C21H29P. The van der Waals surface area contributed by atoms with Crippen LogP contribution in [0.5, 0.6) is 0 Å². The first-order valence-corrected chi connectivity index (χ1v) is 9.35. The summed E-state index contributed by atoms with van der Waals surface area (Å²) < 4.78 is 0. The van der Waals surface area contributed by atoms with Crippen LogP contribution in [0.2, 0.25) is 0 Å². The van der Waals surface area contributed by atoms with E-state index in [4.69, 9.17) is 0 Å². The maximum absolute atomic E-state index is 3.09. The van der Waals surface area contributed by atoms with Gasteiger partial charge in [-0.15, -0.1) is 9.24 Å². The maximum atomic E-state index is 3.09. The molecule has 2 rings (SSSR count). The van der Waals surface area contributed by atoms with Crippen LogP contribution in [0.3, 0.4) is 0 Å². The van der Waals surface area contributed by atoms with Crippen molar-refractivity contribution < 1.29 is 0 Å². The normalized spacial score (nSPS) is 11.1. The van der Waals surface area contributed by atoms with Gasteiger partial charge in [-0.3, -0.25) is 0 Å². The molecule has 1 heteroatoms. The molecular weight excluding hydrogens is 283 g/mol. The molecule has 1 unspecified atom stereocenters. The zero-order valence-corrected chi connectivity index (χ0v) is 15.2. The molecule has 0 bridgehead atoms. The minimum absolute atomic E-state index is 0.404. The van der Waals surface area contributed by atoms with Gasteiger partial charge in [-0.25, -0.2) is 0 Å². The summed E-state index contributed by atoms with van der Waals surface area (Å²) in [4.78, 5) is 0. The van der Waals surface area contributed by atoms with Crippen molar-refractivity contribution in [2.75, 3.05) is 0 Å². The molecule has 0 saturated carbocycles. The third-order valence-corrected chi connectivity index (χ3v) is 5.10. The molecule has 0 aromatic heterocycles. The molecule has 2 aromatic rings. The molecule has 0 heterocycles. The van der Waals surface area contributed by atoms with Crippen LogP contribution in [0.1, 0.15) is 67.4 Å². The van der Waals surface area contributed by atoms with Crippen molar-refractivity contribution in [2.24, 2.45) is 0 Å². The second-order valence-corrected chi connectivity index (χ2v) is 6.75. The van der Waals surface area contributed by atoms with Crippen LogP contribution in [0.25, 0.3) is 0 Å². The van der Waals surface area contributed by atoms with Crippen molar-refractivity contribution >= 4 is 9.24 Å². The van der Waals surface area contributed by atoms with Gasteiger partial charge in [0.15, 0.2) is 0 Å². The monoisotopic (exact) mass is 312 g/mol. The summed E-state index contributed by atoms with van der Waals surface area (Å²) in [5.74, 6) is 0. The van der Waals surface area contributed by atoms with E-state index in [0.717, 1.165) is 0 Å². The van der Waals surface area contributed by atoms with Gasteiger partial charge in [0.25, 0.3) is 0 Å². The third kappa shape index (κ3) is 4.43. The molecule has 0 nitrogen and oxygen atoms in total. The predicted molar refractivity (Wildman–Crippen MR) is 102 cm³/mol. The van der Waals surface area contributed by atoms with E-state index in [9.17, 15) is 0 Å². The van der Waals surface area contributed by atoms with Gasteiger partial charge in [0.05, 0.1) is 0 Å². The van der Waals surface area contributed by atoms with Gasteiger partial charge in [0.1, 0.15) is 0 Å². The summed E-state index contributed by atoms with van der Waals surface area (Å²) in [5.41, 5.74) is 6.38. The fourth-order valence-corrected chi connectivity index (χ4v) is 3.68. The van der Waals surface area contributed by atoms with Gasteiger partial charge in [-0.2, -0.15) is 0 Å². The summed E-state index contributed by atoms with van der Waals surface area (Å²) >= 11 is 0. The van der Waals surface area contributed by atoms with Crippen LogP contribution in [0.4, 0.5) is 0 Å². The van der Waals surface area contributed by atoms with Gasteiger partial charge in [-0.1, -0.05) is 75.2 Å². The Kier molecular flexibility index (Phi) is 7.13. The van der Waals surface area contributed by atoms with Crippen LogP contribution < -0.4 is 0 Å². The Morgan fingerprint density at radius 1 is 0.727 bits per heavy atom. The first-order chi connectivity index (χ1) is 10.8. The first kappa shape index (κ1) is 17.2. The smallest absolute Gasteiger partial charge is 0.0239 e. The highest BCUT2D eigenvalue weighted by molar-refractivity contribution is 7.17. The summed E-state index contributed by atoms with van der Waals surface area (Å²) in [6, 6.07) is 17.9. The molecule has 2 aromatic carbocycles. The highest BCUT2D eigenvalue weighted by Crippen LogP contribution is 2.36. The fourth-order valence-electron chi connectivity index (χ4n) is 3.03. The summed E-state index contributed by atoms with van der Waals surface area (Å²) in [7, 11) is 3.09. The van der Waals surface area contributed by atoms with Crippen LogP contribution in [-0.4, -0.2) is 0 Å². The molecule has 0 saturated heterocycles. The van der Waals surface area contributed by atoms with Crippen LogP contribution >= 0.6 is 9.24 Å². The quantitative estimate of drug-likeness (QED) is 0.499. The number of unbranched alkanes of at least 4 members (excludes halogenated alkanes) is 2. The molecule has 1 atom stereocenters. The summed E-state index contributed by atoms with van der Waals surface area (Å²) in [5, 5.41) is 0. The van der Waals surface area contributed by atoms with Crippen LogP contribution in [0, 0.1) is 0 Å². The van der Waals surface area contributed by atoms with Crippen molar-refractivity contribution in [3.8, 4) is 0 Å². The second-order valence-electron chi connectivity index (χ2n) is 6.08. The molecule has 118 valence electrons. The standard InChI is InChI=1S/C21H29P/c1-3-5-11-17-13-7-9-15-19(17)21(22)20-16-10-8-14-18(20)12-6-4-2/h7-10,13-16,21H,3-6,11-12,22H2,1-2H3. The average molecular weight is 312 g/mol. The molecule has 0 aliphatic heterocycles. The minimum atomic E-state index is 0.404. The molecule has 0 N–H and O–H groups in total. The van der Waals surface area contributed by atoms with E-state index >= 15 is 0 Å². The SMILES string of the molecule is CCCCc1ccccc1C(P)c1ccccc1CCCC. The second kappa shape index (κ2) is 9.11. The largest absolute Gasteiger partial charge is 0.125 e. The van der Waals surface area contributed by atoms with E-state index in [1.54, 1.807) is 0 Å². The van der Waals surface area contributed by atoms with Crippen molar-refractivity contribution in [1.29, 1.82) is 0 Å². The van der Waals surface area contributed by atoms with Gasteiger partial charge in [0, 0.05) is 5.66 Å². The molecule has 0 fully saturated rings. The minimum Gasteiger partial charge on any atom is -0.125 e. The average Bonchev–Trinajstić information content (AvgIpc) is 2.58. The molecule has 0 aliphatic carbocycles. The number of hydrogen-bond acceptors (Lipinski definition) is 0. The third-order valence-electron chi connectivity index (χ3n) is 4.38. The maximum Gasteiger partial charge on any atom is 0.0239 e. The molecule has 0 spiro atoms. The zero-order valence-electron chi connectivity index (χ0n) is 14.0. The van der Waals surface area contributed by atoms with Gasteiger partial charge in [0.2, 0.25) is 0 Å². The first-order valence-electron chi connectivity index (χ1n) is 8.69. The van der Waals surface area contributed by atoms with Crippen LogP contribution in [0.15, 0.2) is 48.5 Å². The molecule has 0 radical (unpaired) electrons. The lowest BCUT2D eigenvalue weighted by Crippen LogP contribution is -2.02. The Morgan fingerprint density at radius 3 is 1.55 bits per heavy atom. The van der Waals surface area contributed by atoms with Crippen molar-refractivity contribution in [3.05, 3.63) is 70.8 Å². The van der Waals surface area contributed by atoms with E-state index < -0.39 is 0 Å². The number of rotatable bonds is 8. The number of aryl methyl sites for hydroxylation is 2. The number of hydrogen-bond donors (Lipinski definition) is 0. The van der Waals surface area contributed by atoms with Gasteiger partial charge >= 0.3 is 0 Å². The van der Waals surface area contributed by atoms with Crippen molar-refractivity contribution in [2.45, 2.75) is 58.0 Å². The van der Waals surface area contributed by atoms with Gasteiger partial charge in [-0.05, 0) is 47.9 Å². The van der Waals surface area contributed by atoms with Gasteiger partial charge < -0.3 is 0 Å². The highest BCUT2D eigenvalue weighted by atomic mass is 31.0. The fraction of sp³-hybridized carbons (Fsp3) is 0.429. The van der Waals surface area contributed by atoms with Crippen LogP contribution in [-0.2, 0) is 12.8 Å². The number of benzene rings is 2. The van der Waals surface area contributed by atoms with E-state index in [-0.39, 0.29) is 0 Å². The van der Waals surface area contributed by atoms with E-state index in [1.807, 2.05) is 0 Å². The highest BCUT2D eigenvalue weighted by Gasteiger charge is 2.15. The van der Waals surface area contributed by atoms with E-state index in [0.29, 0.717) is 5.66 Å². The Morgan fingerprint density at radius 2 is 1.14 bits per heavy atom. The Labute approximate surface area is 138 Å². The van der Waals surface area contributed by atoms with E-state index in [2.05, 4.69) is 71.6 Å². The lowest BCUT2D eigenvalue weighted by molar-refractivity contribution is 0.780. The predicted octanol–water partition coefficient (Wildman–Crippen LogP) is 6.34. The Balaban J connectivity index is 2.30. The molecule has 0 amide bonds. The Hall–Kier alpha value is -1.13. The van der Waals surface area contributed by atoms with E-state index in [1.165, 1.54) is 60.8 Å². The Bertz CT molecular complexity index is 522. The zero-order chi connectivity index (χ0) is 15.8. The topological polar surface area (TPSA) is 0 Å². The molecule has 0 aliphatic rings. The summed E-state index contributed by atoms with van der Waals surface area (Å²) in [6.45, 7) is 4.53. The lowest BCUT2D eigenvalue weighted by Gasteiger charge is -2.20. The lowest BCUT2D eigenvalue weighted by atomic mass is 9.92. The van der Waals surface area contributed by atoms with Crippen molar-refractivity contribution in [3.63, 3.8) is 0 Å². The van der Waals surface area contributed by atoms with Crippen molar-refractivity contribution in [1.82, 2.24) is 0 Å². The molecule has 22 heavy (non-hydrogen) atoms. The summed E-state index contributed by atoms with van der Waals surface area (Å²) in [6.07, 6.45) is 7.42.